The molecule has 1 aromatic carbocycles. The monoisotopic (exact) mass is 399 g/mol. The maximum Gasteiger partial charge on any atom is 0.266 e. The summed E-state index contributed by atoms with van der Waals surface area (Å²) in [6, 6.07) is 13.2. The summed E-state index contributed by atoms with van der Waals surface area (Å²) in [5, 5.41) is 17.5. The molecular weight excluding hydrogens is 377 g/mol. The van der Waals surface area contributed by atoms with Crippen molar-refractivity contribution in [2.24, 2.45) is 0 Å². The SMILES string of the molecule is O=c1ccc(-c2ccc(F)cc2)nn1CC1(O)CCN(Cc2cccs2)CC1. The lowest BCUT2D eigenvalue weighted by Gasteiger charge is -2.38. The third-order valence-corrected chi connectivity index (χ3v) is 6.06. The summed E-state index contributed by atoms with van der Waals surface area (Å²) >= 11 is 1.74. The van der Waals surface area contributed by atoms with Crippen molar-refractivity contribution >= 4 is 11.3 Å². The minimum absolute atomic E-state index is 0.160. The number of rotatable bonds is 5. The van der Waals surface area contributed by atoms with Crippen molar-refractivity contribution < 1.29 is 9.50 Å². The number of halogens is 1. The average molecular weight is 399 g/mol. The van der Waals surface area contributed by atoms with Gasteiger partial charge in [-0.25, -0.2) is 9.07 Å². The van der Waals surface area contributed by atoms with E-state index in [1.54, 1.807) is 29.5 Å². The largest absolute Gasteiger partial charge is 0.388 e. The Morgan fingerprint density at radius 3 is 2.54 bits per heavy atom. The van der Waals surface area contributed by atoms with E-state index in [1.807, 2.05) is 6.07 Å². The zero-order chi connectivity index (χ0) is 19.6. The summed E-state index contributed by atoms with van der Waals surface area (Å²) in [6.07, 6.45) is 1.18. The first kappa shape index (κ1) is 19.0. The van der Waals surface area contributed by atoms with Gasteiger partial charge in [0.15, 0.2) is 0 Å². The van der Waals surface area contributed by atoms with E-state index < -0.39 is 5.60 Å². The molecule has 0 saturated carbocycles. The molecule has 0 bridgehead atoms. The van der Waals surface area contributed by atoms with Gasteiger partial charge in [0.1, 0.15) is 5.82 Å². The summed E-state index contributed by atoms with van der Waals surface area (Å²) in [5.41, 5.74) is 0.107. The minimum atomic E-state index is -0.954. The maximum absolute atomic E-state index is 13.1. The zero-order valence-corrected chi connectivity index (χ0v) is 16.2. The smallest absolute Gasteiger partial charge is 0.266 e. The molecule has 2 aromatic heterocycles. The summed E-state index contributed by atoms with van der Waals surface area (Å²) in [5.74, 6) is -0.319. The van der Waals surface area contributed by atoms with Crippen LogP contribution in [-0.4, -0.2) is 38.5 Å². The van der Waals surface area contributed by atoms with Crippen LogP contribution in [0.1, 0.15) is 17.7 Å². The normalized spacial score (nSPS) is 16.9. The molecule has 0 aliphatic carbocycles. The van der Waals surface area contributed by atoms with E-state index in [2.05, 4.69) is 21.4 Å². The molecule has 1 aliphatic heterocycles. The number of aromatic nitrogens is 2. The predicted octanol–water partition coefficient (Wildman–Crippen LogP) is 3.14. The van der Waals surface area contributed by atoms with Crippen LogP contribution in [0.25, 0.3) is 11.3 Å². The van der Waals surface area contributed by atoms with Gasteiger partial charge in [-0.2, -0.15) is 5.10 Å². The average Bonchev–Trinajstić information content (AvgIpc) is 3.19. The van der Waals surface area contributed by atoms with E-state index in [4.69, 9.17) is 0 Å². The molecule has 0 spiro atoms. The Bertz CT molecular complexity index is 978. The molecule has 1 N–H and O–H groups in total. The summed E-state index contributed by atoms with van der Waals surface area (Å²) in [7, 11) is 0. The molecule has 7 heteroatoms. The Labute approximate surface area is 166 Å². The molecule has 0 atom stereocenters. The van der Waals surface area contributed by atoms with Crippen LogP contribution < -0.4 is 5.56 Å². The van der Waals surface area contributed by atoms with Crippen LogP contribution in [-0.2, 0) is 13.1 Å². The van der Waals surface area contributed by atoms with E-state index in [1.165, 1.54) is 27.8 Å². The molecule has 1 saturated heterocycles. The Morgan fingerprint density at radius 1 is 1.11 bits per heavy atom. The fraction of sp³-hybridized carbons (Fsp3) is 0.333. The van der Waals surface area contributed by atoms with Gasteiger partial charge < -0.3 is 5.11 Å². The highest BCUT2D eigenvalue weighted by atomic mass is 32.1. The topological polar surface area (TPSA) is 58.4 Å². The number of thiophene rings is 1. The molecule has 0 amide bonds. The summed E-state index contributed by atoms with van der Waals surface area (Å²) in [6.45, 7) is 2.61. The molecule has 0 radical (unpaired) electrons. The quantitative estimate of drug-likeness (QED) is 0.716. The molecule has 3 aromatic rings. The first-order valence-corrected chi connectivity index (χ1v) is 10.2. The molecule has 4 rings (SSSR count). The third-order valence-electron chi connectivity index (χ3n) is 5.20. The van der Waals surface area contributed by atoms with Crippen molar-refractivity contribution in [3.05, 3.63) is 75.0 Å². The zero-order valence-electron chi connectivity index (χ0n) is 15.4. The number of aliphatic hydroxyl groups is 1. The number of likely N-dealkylation sites (tertiary alicyclic amines) is 1. The number of hydrogen-bond acceptors (Lipinski definition) is 5. The minimum Gasteiger partial charge on any atom is -0.388 e. The second-order valence-corrected chi connectivity index (χ2v) is 8.33. The van der Waals surface area contributed by atoms with Gasteiger partial charge in [-0.3, -0.25) is 9.69 Å². The molecule has 1 aliphatic rings. The molecular formula is C21H22FN3O2S. The van der Waals surface area contributed by atoms with Crippen LogP contribution in [0, 0.1) is 5.82 Å². The van der Waals surface area contributed by atoms with Gasteiger partial charge >= 0.3 is 0 Å². The van der Waals surface area contributed by atoms with Crippen LogP contribution in [0.5, 0.6) is 0 Å². The fourth-order valence-electron chi connectivity index (χ4n) is 3.52. The van der Waals surface area contributed by atoms with Crippen LogP contribution in [0.2, 0.25) is 0 Å². The number of benzene rings is 1. The molecule has 0 unspecified atom stereocenters. The van der Waals surface area contributed by atoms with Crippen molar-refractivity contribution in [1.82, 2.24) is 14.7 Å². The van der Waals surface area contributed by atoms with E-state index in [9.17, 15) is 14.3 Å². The Kier molecular flexibility index (Phi) is 5.39. The van der Waals surface area contributed by atoms with Gasteiger partial charge in [0.25, 0.3) is 5.56 Å². The molecule has 28 heavy (non-hydrogen) atoms. The van der Waals surface area contributed by atoms with Gasteiger partial charge in [-0.05, 0) is 54.6 Å². The highest BCUT2D eigenvalue weighted by Gasteiger charge is 2.33. The van der Waals surface area contributed by atoms with Crippen molar-refractivity contribution in [1.29, 1.82) is 0 Å². The molecule has 1 fully saturated rings. The number of piperidine rings is 1. The summed E-state index contributed by atoms with van der Waals surface area (Å²) in [4.78, 5) is 15.9. The van der Waals surface area contributed by atoms with Gasteiger partial charge in [0.2, 0.25) is 0 Å². The lowest BCUT2D eigenvalue weighted by molar-refractivity contribution is -0.0387. The van der Waals surface area contributed by atoms with Gasteiger partial charge in [0, 0.05) is 36.1 Å². The second-order valence-electron chi connectivity index (χ2n) is 7.30. The van der Waals surface area contributed by atoms with E-state index in [-0.39, 0.29) is 17.9 Å². The van der Waals surface area contributed by atoms with Crippen LogP contribution in [0.15, 0.2) is 58.7 Å². The van der Waals surface area contributed by atoms with Crippen molar-refractivity contribution in [3.63, 3.8) is 0 Å². The molecule has 3 heterocycles. The van der Waals surface area contributed by atoms with Crippen molar-refractivity contribution in [2.75, 3.05) is 13.1 Å². The number of hydrogen-bond donors (Lipinski definition) is 1. The Morgan fingerprint density at radius 2 is 1.86 bits per heavy atom. The molecule has 146 valence electrons. The first-order valence-electron chi connectivity index (χ1n) is 9.32. The van der Waals surface area contributed by atoms with Gasteiger partial charge in [-0.1, -0.05) is 6.07 Å². The predicted molar refractivity (Wildman–Crippen MR) is 108 cm³/mol. The summed E-state index contributed by atoms with van der Waals surface area (Å²) < 4.78 is 14.5. The number of nitrogens with zero attached hydrogens (tertiary/aromatic N) is 3. The van der Waals surface area contributed by atoms with Crippen LogP contribution >= 0.6 is 11.3 Å². The highest BCUT2D eigenvalue weighted by molar-refractivity contribution is 7.09. The Hall–Kier alpha value is -2.35. The third kappa shape index (κ3) is 4.38. The lowest BCUT2D eigenvalue weighted by atomic mass is 9.91. The standard InChI is InChI=1S/C21H22FN3O2S/c22-17-5-3-16(4-6-17)19-7-8-20(26)25(23-19)15-21(27)9-11-24(12-10-21)14-18-2-1-13-28-18/h1-8,13,27H,9-12,14-15H2. The molecule has 5 nitrogen and oxygen atoms in total. The highest BCUT2D eigenvalue weighted by Crippen LogP contribution is 2.26. The van der Waals surface area contributed by atoms with Gasteiger partial charge in [0.05, 0.1) is 17.8 Å². The van der Waals surface area contributed by atoms with E-state index in [0.29, 0.717) is 18.5 Å². The van der Waals surface area contributed by atoms with E-state index in [0.717, 1.165) is 25.2 Å². The lowest BCUT2D eigenvalue weighted by Crippen LogP contribution is -2.48. The van der Waals surface area contributed by atoms with Gasteiger partial charge in [-0.15, -0.1) is 11.3 Å². The van der Waals surface area contributed by atoms with Crippen LogP contribution in [0.3, 0.4) is 0 Å². The van der Waals surface area contributed by atoms with Crippen molar-refractivity contribution in [3.8, 4) is 11.3 Å². The van der Waals surface area contributed by atoms with Crippen LogP contribution in [0.4, 0.5) is 4.39 Å². The fourth-order valence-corrected chi connectivity index (χ4v) is 4.27. The Balaban J connectivity index is 1.45. The van der Waals surface area contributed by atoms with Crippen molar-refractivity contribution in [2.45, 2.75) is 31.5 Å². The first-order chi connectivity index (χ1) is 13.5. The van der Waals surface area contributed by atoms with E-state index >= 15 is 0 Å². The maximum atomic E-state index is 13.1. The second kappa shape index (κ2) is 7.95.